The number of aryl methyl sites for hydroxylation is 1. The maximum Gasteiger partial charge on any atom is 0.266 e. The van der Waals surface area contributed by atoms with Crippen LogP contribution in [-0.2, 0) is 20.9 Å². The summed E-state index contributed by atoms with van der Waals surface area (Å²) in [5.74, 6) is -1.81. The average molecular weight is 757 g/mol. The highest BCUT2D eigenvalue weighted by atomic mass is 35.5. The van der Waals surface area contributed by atoms with Gasteiger partial charge in [-0.05, 0) is 62.9 Å². The highest BCUT2D eigenvalue weighted by Gasteiger charge is 2.46. The van der Waals surface area contributed by atoms with Crippen LogP contribution < -0.4 is 20.7 Å². The SMILES string of the molecule is Cc1c(C(=O)NCCCCNC(=O)COc2cccc3c2C(=O)N(C2CCC(=O)NC2=O)C3=O)sc2c1C(c1ccc(Cl)cc1)=NCc1nnc(C)n1-2. The van der Waals surface area contributed by atoms with Crippen LogP contribution in [0.3, 0.4) is 0 Å². The van der Waals surface area contributed by atoms with Crippen LogP contribution in [0.25, 0.3) is 5.00 Å². The summed E-state index contributed by atoms with van der Waals surface area (Å²) in [5.41, 5.74) is 3.29. The van der Waals surface area contributed by atoms with E-state index in [0.717, 1.165) is 32.3 Å². The summed E-state index contributed by atoms with van der Waals surface area (Å²) in [7, 11) is 0. The predicted molar refractivity (Wildman–Crippen MR) is 193 cm³/mol. The minimum atomic E-state index is -1.11. The van der Waals surface area contributed by atoms with Gasteiger partial charge in [-0.3, -0.25) is 48.5 Å². The van der Waals surface area contributed by atoms with Gasteiger partial charge >= 0.3 is 0 Å². The lowest BCUT2D eigenvalue weighted by atomic mass is 9.99. The van der Waals surface area contributed by atoms with E-state index >= 15 is 0 Å². The molecule has 0 spiro atoms. The fourth-order valence-corrected chi connectivity index (χ4v) is 7.97. The number of ether oxygens (including phenoxy) is 1. The van der Waals surface area contributed by atoms with Gasteiger partial charge in [0.15, 0.2) is 12.4 Å². The number of unbranched alkanes of at least 4 members (excludes halogenated alkanes) is 1. The molecule has 0 aliphatic carbocycles. The van der Waals surface area contributed by atoms with Gasteiger partial charge in [0.05, 0.1) is 21.7 Å². The zero-order valence-electron chi connectivity index (χ0n) is 28.7. The van der Waals surface area contributed by atoms with Crippen molar-refractivity contribution in [3.63, 3.8) is 0 Å². The molecule has 1 saturated heterocycles. The number of halogens is 1. The number of carbonyl (C=O) groups excluding carboxylic acids is 6. The molecule has 3 aliphatic heterocycles. The van der Waals surface area contributed by atoms with Gasteiger partial charge in [0, 0.05) is 35.7 Å². The fraction of sp³-hybridized carbons (Fsp3) is 0.306. The van der Waals surface area contributed by atoms with Crippen LogP contribution in [0, 0.1) is 13.8 Å². The Labute approximate surface area is 311 Å². The maximum atomic E-state index is 13.5. The number of nitrogens with zero attached hydrogens (tertiary/aromatic N) is 5. The van der Waals surface area contributed by atoms with E-state index in [-0.39, 0.29) is 35.6 Å². The van der Waals surface area contributed by atoms with E-state index < -0.39 is 42.2 Å². The molecular weight excluding hydrogens is 724 g/mol. The van der Waals surface area contributed by atoms with Crippen molar-refractivity contribution in [2.45, 2.75) is 52.1 Å². The first-order valence-electron chi connectivity index (χ1n) is 16.9. The Bertz CT molecular complexity index is 2230. The second kappa shape index (κ2) is 14.7. The molecule has 0 bridgehead atoms. The normalized spacial score (nSPS) is 16.3. The van der Waals surface area contributed by atoms with Crippen LogP contribution in [-0.4, -0.2) is 86.6 Å². The maximum absolute atomic E-state index is 13.5. The molecule has 1 atom stereocenters. The van der Waals surface area contributed by atoms with E-state index in [4.69, 9.17) is 21.3 Å². The number of aliphatic imine (C=N–C) groups is 1. The lowest BCUT2D eigenvalue weighted by Crippen LogP contribution is -2.54. The first kappa shape index (κ1) is 35.7. The molecule has 6 amide bonds. The topological polar surface area (TPSA) is 194 Å². The van der Waals surface area contributed by atoms with Crippen molar-refractivity contribution in [2.24, 2.45) is 4.99 Å². The van der Waals surface area contributed by atoms with Crippen LogP contribution in [0.15, 0.2) is 47.5 Å². The number of aromatic nitrogens is 3. The highest BCUT2D eigenvalue weighted by molar-refractivity contribution is 7.17. The lowest BCUT2D eigenvalue weighted by molar-refractivity contribution is -0.136. The van der Waals surface area contributed by atoms with Gasteiger partial charge in [0.1, 0.15) is 29.2 Å². The minimum absolute atomic E-state index is 0.00349. The summed E-state index contributed by atoms with van der Waals surface area (Å²) in [6.07, 6.45) is 1.18. The minimum Gasteiger partial charge on any atom is -0.483 e. The Balaban J connectivity index is 0.914. The van der Waals surface area contributed by atoms with Crippen molar-refractivity contribution < 1.29 is 33.5 Å². The quantitative estimate of drug-likeness (QED) is 0.152. The third kappa shape index (κ3) is 6.82. The number of carbonyl (C=O) groups is 6. The van der Waals surface area contributed by atoms with Gasteiger partial charge < -0.3 is 15.4 Å². The van der Waals surface area contributed by atoms with Crippen molar-refractivity contribution in [1.82, 2.24) is 35.6 Å². The Hall–Kier alpha value is -5.74. The summed E-state index contributed by atoms with van der Waals surface area (Å²) >= 11 is 7.51. The van der Waals surface area contributed by atoms with Gasteiger partial charge in [-0.2, -0.15) is 0 Å². The van der Waals surface area contributed by atoms with Crippen LogP contribution in [0.5, 0.6) is 5.75 Å². The second-order valence-electron chi connectivity index (χ2n) is 12.6. The Morgan fingerprint density at radius 1 is 0.981 bits per heavy atom. The summed E-state index contributed by atoms with van der Waals surface area (Å²) < 4.78 is 7.59. The van der Waals surface area contributed by atoms with E-state index in [0.29, 0.717) is 54.0 Å². The van der Waals surface area contributed by atoms with Crippen molar-refractivity contribution in [1.29, 1.82) is 0 Å². The number of thiophene rings is 1. The monoisotopic (exact) mass is 756 g/mol. The molecule has 1 unspecified atom stereocenters. The second-order valence-corrected chi connectivity index (χ2v) is 14.1. The van der Waals surface area contributed by atoms with E-state index in [1.54, 1.807) is 12.1 Å². The van der Waals surface area contributed by atoms with E-state index in [9.17, 15) is 28.8 Å². The molecule has 7 rings (SSSR count). The first-order chi connectivity index (χ1) is 25.5. The molecule has 5 heterocycles. The number of hydrogen-bond acceptors (Lipinski definition) is 11. The van der Waals surface area contributed by atoms with Crippen molar-refractivity contribution in [3.8, 4) is 10.8 Å². The molecule has 3 N–H and O–H groups in total. The molecule has 4 aromatic rings. The number of nitrogens with one attached hydrogen (secondary N) is 3. The van der Waals surface area contributed by atoms with Gasteiger partial charge in [-0.25, -0.2) is 0 Å². The number of rotatable bonds is 11. The molecule has 1 fully saturated rings. The molecular formula is C36H33ClN8O7S. The predicted octanol–water partition coefficient (Wildman–Crippen LogP) is 3.06. The van der Waals surface area contributed by atoms with Crippen molar-refractivity contribution in [2.75, 3.05) is 19.7 Å². The number of piperidine rings is 1. The summed E-state index contributed by atoms with van der Waals surface area (Å²) in [5, 5.41) is 17.9. The standard InChI is InChI=1S/C36H33ClN8O7S/c1-18-28-30(20-8-10-21(37)11-9-20)40-16-25-43-42-19(2)44(25)36(28)53-31(18)33(49)39-15-4-3-14-38-27(47)17-52-24-7-5-6-22-29(24)35(51)45(34(22)50)23-12-13-26(46)41-32(23)48/h5-11,23H,3-4,12-17H2,1-2H3,(H,38,47)(H,39,49)(H,41,46,48). The average Bonchev–Trinajstić information content (AvgIpc) is 3.71. The zero-order valence-corrected chi connectivity index (χ0v) is 30.2. The third-order valence-corrected chi connectivity index (χ3v) is 10.7. The van der Waals surface area contributed by atoms with Gasteiger partial charge in [-0.1, -0.05) is 29.8 Å². The molecule has 0 saturated carbocycles. The fourth-order valence-electron chi connectivity index (χ4n) is 6.55. The highest BCUT2D eigenvalue weighted by Crippen LogP contribution is 2.37. The van der Waals surface area contributed by atoms with E-state index in [2.05, 4.69) is 26.1 Å². The van der Waals surface area contributed by atoms with Gasteiger partial charge in [0.25, 0.3) is 23.6 Å². The largest absolute Gasteiger partial charge is 0.483 e. The Morgan fingerprint density at radius 3 is 2.49 bits per heavy atom. The van der Waals surface area contributed by atoms with E-state index in [1.807, 2.05) is 30.5 Å². The first-order valence-corrected chi connectivity index (χ1v) is 18.1. The number of benzene rings is 2. The Morgan fingerprint density at radius 2 is 1.74 bits per heavy atom. The number of fused-ring (bicyclic) bond motifs is 4. The smallest absolute Gasteiger partial charge is 0.266 e. The van der Waals surface area contributed by atoms with Crippen molar-refractivity contribution >= 4 is 64.1 Å². The van der Waals surface area contributed by atoms with E-state index in [1.165, 1.54) is 29.5 Å². The number of hydrogen-bond donors (Lipinski definition) is 3. The van der Waals surface area contributed by atoms with Crippen LogP contribution >= 0.6 is 22.9 Å². The van der Waals surface area contributed by atoms with Crippen LogP contribution in [0.4, 0.5) is 0 Å². The molecule has 2 aromatic carbocycles. The Kier molecular flexibility index (Phi) is 9.90. The van der Waals surface area contributed by atoms with Gasteiger partial charge in [0.2, 0.25) is 11.8 Å². The lowest BCUT2D eigenvalue weighted by Gasteiger charge is -2.27. The molecule has 17 heteroatoms. The molecule has 0 radical (unpaired) electrons. The van der Waals surface area contributed by atoms with Crippen LogP contribution in [0.2, 0.25) is 5.02 Å². The van der Waals surface area contributed by atoms with Crippen molar-refractivity contribution in [3.05, 3.63) is 91.8 Å². The van der Waals surface area contributed by atoms with Crippen LogP contribution in [0.1, 0.15) is 84.4 Å². The molecule has 15 nitrogen and oxygen atoms in total. The molecule has 272 valence electrons. The third-order valence-electron chi connectivity index (χ3n) is 9.16. The summed E-state index contributed by atoms with van der Waals surface area (Å²) in [4.78, 5) is 82.5. The number of amides is 6. The van der Waals surface area contributed by atoms with Gasteiger partial charge in [-0.15, -0.1) is 21.5 Å². The summed E-state index contributed by atoms with van der Waals surface area (Å²) in [6.45, 7) is 4.38. The molecule has 2 aromatic heterocycles. The molecule has 53 heavy (non-hydrogen) atoms. The zero-order chi connectivity index (χ0) is 37.4. The molecule has 3 aliphatic rings. The number of imide groups is 2. The summed E-state index contributed by atoms with van der Waals surface area (Å²) in [6, 6.07) is 10.7.